The summed E-state index contributed by atoms with van der Waals surface area (Å²) in [6, 6.07) is 17.6. The number of fused-ring (bicyclic) bond motifs is 1. The van der Waals surface area contributed by atoms with Crippen LogP contribution in [0.15, 0.2) is 65.6 Å². The molecule has 9 nitrogen and oxygen atoms in total. The number of aromatic nitrogens is 3. The summed E-state index contributed by atoms with van der Waals surface area (Å²) in [6.45, 7) is 2.05. The predicted octanol–water partition coefficient (Wildman–Crippen LogP) is 3.71. The maximum Gasteiger partial charge on any atom is 0.304 e. The van der Waals surface area contributed by atoms with Crippen LogP contribution in [-0.2, 0) is 28.4 Å². The van der Waals surface area contributed by atoms with Gasteiger partial charge in [-0.2, -0.15) is 4.31 Å². The van der Waals surface area contributed by atoms with Crippen molar-refractivity contribution < 1.29 is 23.1 Å². The largest absolute Gasteiger partial charge is 0.494 e. The first kappa shape index (κ1) is 25.3. The third-order valence-corrected chi connectivity index (χ3v) is 8.13. The monoisotopic (exact) mass is 508 g/mol. The van der Waals surface area contributed by atoms with Crippen molar-refractivity contribution in [3.8, 4) is 5.75 Å². The van der Waals surface area contributed by atoms with Gasteiger partial charge in [0.1, 0.15) is 16.8 Å². The molecule has 188 valence electrons. The molecule has 4 aromatic rings. The molecule has 10 heteroatoms. The predicted molar refractivity (Wildman–Crippen MR) is 135 cm³/mol. The molecule has 0 fully saturated rings. The van der Waals surface area contributed by atoms with Crippen LogP contribution in [0.4, 0.5) is 0 Å². The highest BCUT2D eigenvalue weighted by Gasteiger charge is 2.24. The van der Waals surface area contributed by atoms with Gasteiger partial charge in [0.15, 0.2) is 0 Å². The van der Waals surface area contributed by atoms with E-state index in [1.165, 1.54) is 11.4 Å². The molecule has 1 N–H and O–H groups in total. The summed E-state index contributed by atoms with van der Waals surface area (Å²) in [4.78, 5) is 12.1. The fraction of sp³-hybridized carbons (Fsp3) is 0.269. The van der Waals surface area contributed by atoms with E-state index in [0.717, 1.165) is 22.3 Å². The summed E-state index contributed by atoms with van der Waals surface area (Å²) in [5.74, 6) is -0.909. The van der Waals surface area contributed by atoms with E-state index in [0.29, 0.717) is 16.8 Å². The molecule has 3 aromatic carbocycles. The van der Waals surface area contributed by atoms with Gasteiger partial charge in [-0.3, -0.25) is 4.79 Å². The molecule has 0 aliphatic carbocycles. The van der Waals surface area contributed by atoms with Crippen molar-refractivity contribution in [2.75, 3.05) is 14.2 Å². The number of aliphatic carboxylic acids is 1. The Kier molecular flexibility index (Phi) is 7.09. The summed E-state index contributed by atoms with van der Waals surface area (Å²) < 4.78 is 34.6. The van der Waals surface area contributed by atoms with Gasteiger partial charge in [0.2, 0.25) is 10.0 Å². The van der Waals surface area contributed by atoms with E-state index in [4.69, 9.17) is 4.74 Å². The molecule has 1 heterocycles. The molecule has 0 radical (unpaired) electrons. The smallest absolute Gasteiger partial charge is 0.304 e. The number of ether oxygens (including phenoxy) is 1. The number of hydrogen-bond acceptors (Lipinski definition) is 6. The number of nitrogens with zero attached hydrogens (tertiary/aromatic N) is 4. The lowest BCUT2D eigenvalue weighted by molar-refractivity contribution is -0.137. The molecular weight excluding hydrogens is 480 g/mol. The molecule has 4 rings (SSSR count). The van der Waals surface area contributed by atoms with E-state index >= 15 is 0 Å². The van der Waals surface area contributed by atoms with E-state index in [1.807, 2.05) is 37.3 Å². The van der Waals surface area contributed by atoms with Gasteiger partial charge in [0.05, 0.1) is 18.4 Å². The molecule has 1 aromatic heterocycles. The second-order valence-electron chi connectivity index (χ2n) is 8.71. The topological polar surface area (TPSA) is 115 Å². The van der Waals surface area contributed by atoms with Crippen LogP contribution in [0.2, 0.25) is 0 Å². The summed E-state index contributed by atoms with van der Waals surface area (Å²) in [5, 5.41) is 17.9. The third kappa shape index (κ3) is 4.95. The third-order valence-electron chi connectivity index (χ3n) is 6.31. The van der Waals surface area contributed by atoms with Gasteiger partial charge in [0, 0.05) is 26.6 Å². The summed E-state index contributed by atoms with van der Waals surface area (Å²) in [5.41, 5.74) is 4.49. The Morgan fingerprint density at radius 3 is 2.50 bits per heavy atom. The van der Waals surface area contributed by atoms with Crippen LogP contribution in [0, 0.1) is 6.92 Å². The van der Waals surface area contributed by atoms with Crippen molar-refractivity contribution in [2.24, 2.45) is 7.05 Å². The van der Waals surface area contributed by atoms with E-state index in [1.54, 1.807) is 49.2 Å². The Bertz CT molecular complexity index is 1520. The highest BCUT2D eigenvalue weighted by Crippen LogP contribution is 2.35. The Labute approximate surface area is 210 Å². The van der Waals surface area contributed by atoms with E-state index in [2.05, 4.69) is 10.3 Å². The first-order valence-corrected chi connectivity index (χ1v) is 12.8. The normalized spacial score (nSPS) is 12.7. The average Bonchev–Trinajstić information content (AvgIpc) is 3.24. The molecule has 0 saturated heterocycles. The first-order valence-electron chi connectivity index (χ1n) is 11.3. The van der Waals surface area contributed by atoms with E-state index in [9.17, 15) is 18.3 Å². The van der Waals surface area contributed by atoms with Gasteiger partial charge in [-0.25, -0.2) is 13.1 Å². The lowest BCUT2D eigenvalue weighted by Crippen LogP contribution is -2.27. The Balaban J connectivity index is 1.74. The van der Waals surface area contributed by atoms with Crippen molar-refractivity contribution in [2.45, 2.75) is 30.7 Å². The number of sulfonamides is 1. The van der Waals surface area contributed by atoms with Crippen LogP contribution >= 0.6 is 0 Å². The average molecular weight is 509 g/mol. The lowest BCUT2D eigenvalue weighted by atomic mass is 9.86. The molecule has 0 aliphatic heterocycles. The van der Waals surface area contributed by atoms with Crippen LogP contribution in [0.25, 0.3) is 11.0 Å². The quantitative estimate of drug-likeness (QED) is 0.366. The number of rotatable bonds is 9. The highest BCUT2D eigenvalue weighted by atomic mass is 32.2. The van der Waals surface area contributed by atoms with Crippen molar-refractivity contribution in [1.29, 1.82) is 0 Å². The number of carboxylic acid groups (broad SMARTS) is 1. The summed E-state index contributed by atoms with van der Waals surface area (Å²) in [6.07, 6.45) is -0.157. The SMILES string of the molecule is COc1cc(C(CC(=O)O)c2ccc(C)c(CN(C)S(=O)(=O)c3ccccc3)c2)cc2nnn(C)c12. The standard InChI is InChI=1S/C26H28N4O5S/c1-17-10-11-18(12-20(17)16-29(2)36(33,34)21-8-6-5-7-9-21)22(15-25(31)32)19-13-23-26(24(14-19)35-4)30(3)28-27-23/h5-14,22H,15-16H2,1-4H3,(H,31,32). The van der Waals surface area contributed by atoms with Crippen LogP contribution in [0.3, 0.4) is 0 Å². The van der Waals surface area contributed by atoms with Gasteiger partial charge < -0.3 is 9.84 Å². The van der Waals surface area contributed by atoms with Crippen molar-refractivity contribution in [1.82, 2.24) is 19.3 Å². The number of carbonyl (C=O) groups is 1. The molecule has 36 heavy (non-hydrogen) atoms. The van der Waals surface area contributed by atoms with Gasteiger partial charge in [-0.1, -0.05) is 41.6 Å². The Morgan fingerprint density at radius 2 is 1.83 bits per heavy atom. The molecule has 0 spiro atoms. The van der Waals surface area contributed by atoms with Crippen LogP contribution in [0.1, 0.15) is 34.6 Å². The minimum atomic E-state index is -3.68. The minimum absolute atomic E-state index is 0.142. The van der Waals surface area contributed by atoms with Crippen molar-refractivity contribution in [3.63, 3.8) is 0 Å². The van der Waals surface area contributed by atoms with Gasteiger partial charge in [-0.05, 0) is 53.4 Å². The summed E-state index contributed by atoms with van der Waals surface area (Å²) in [7, 11) is 1.16. The maximum absolute atomic E-state index is 13.1. The molecule has 1 atom stereocenters. The van der Waals surface area contributed by atoms with Gasteiger partial charge in [0.25, 0.3) is 0 Å². The zero-order valence-corrected chi connectivity index (χ0v) is 21.4. The fourth-order valence-corrected chi connectivity index (χ4v) is 5.48. The number of methoxy groups -OCH3 is 1. The highest BCUT2D eigenvalue weighted by molar-refractivity contribution is 7.89. The number of carboxylic acids is 1. The van der Waals surface area contributed by atoms with E-state index in [-0.39, 0.29) is 17.9 Å². The fourth-order valence-electron chi connectivity index (χ4n) is 4.31. The molecule has 0 saturated carbocycles. The Morgan fingerprint density at radius 1 is 1.11 bits per heavy atom. The molecule has 0 amide bonds. The van der Waals surface area contributed by atoms with Crippen LogP contribution in [-0.4, -0.2) is 53.0 Å². The zero-order chi connectivity index (χ0) is 26.0. The summed E-state index contributed by atoms with van der Waals surface area (Å²) >= 11 is 0. The molecule has 0 bridgehead atoms. The second kappa shape index (κ2) is 10.1. The molecular formula is C26H28N4O5S. The number of hydrogen-bond donors (Lipinski definition) is 1. The zero-order valence-electron chi connectivity index (χ0n) is 20.5. The first-order chi connectivity index (χ1) is 17.1. The lowest BCUT2D eigenvalue weighted by Gasteiger charge is -2.22. The molecule has 1 unspecified atom stereocenters. The molecule has 0 aliphatic rings. The van der Waals surface area contributed by atoms with Crippen LogP contribution in [0.5, 0.6) is 5.75 Å². The van der Waals surface area contributed by atoms with Crippen molar-refractivity contribution in [3.05, 3.63) is 82.9 Å². The van der Waals surface area contributed by atoms with Gasteiger partial charge in [-0.15, -0.1) is 5.10 Å². The number of aryl methyl sites for hydroxylation is 2. The van der Waals surface area contributed by atoms with Crippen LogP contribution < -0.4 is 4.74 Å². The maximum atomic E-state index is 13.1. The van der Waals surface area contributed by atoms with Gasteiger partial charge >= 0.3 is 5.97 Å². The second-order valence-corrected chi connectivity index (χ2v) is 10.8. The van der Waals surface area contributed by atoms with E-state index < -0.39 is 21.9 Å². The van der Waals surface area contributed by atoms with Crippen molar-refractivity contribution >= 4 is 27.0 Å². The Hall–Kier alpha value is -3.76. The minimum Gasteiger partial charge on any atom is -0.494 e. The number of benzene rings is 3.